The Bertz CT molecular complexity index is 583. The number of hydrogen-bond donors (Lipinski definition) is 2. The van der Waals surface area contributed by atoms with E-state index in [1.807, 2.05) is 36.7 Å². The molecule has 0 aliphatic carbocycles. The molecule has 3 nitrogen and oxygen atoms in total. The summed E-state index contributed by atoms with van der Waals surface area (Å²) in [5.74, 6) is 0.180. The predicted octanol–water partition coefficient (Wildman–Crippen LogP) is 2.62. The van der Waals surface area contributed by atoms with Crippen molar-refractivity contribution < 1.29 is 4.79 Å². The number of carbonyl (C=O) groups is 1. The summed E-state index contributed by atoms with van der Waals surface area (Å²) in [6.45, 7) is 0. The molecular weight excluding hydrogens is 212 g/mol. The van der Waals surface area contributed by atoms with Crippen LogP contribution in [-0.4, -0.2) is 16.8 Å². The van der Waals surface area contributed by atoms with E-state index in [2.05, 4.69) is 16.4 Å². The number of rotatable bonds is 2. The van der Waals surface area contributed by atoms with Gasteiger partial charge in [-0.05, 0) is 31.2 Å². The van der Waals surface area contributed by atoms with Gasteiger partial charge in [0, 0.05) is 22.7 Å². The molecular formula is C14H14N2O. The quantitative estimate of drug-likeness (QED) is 0.773. The summed E-state index contributed by atoms with van der Waals surface area (Å²) < 4.78 is 0. The molecule has 0 radical (unpaired) electrons. The van der Waals surface area contributed by atoms with Crippen LogP contribution in [0, 0.1) is 0 Å². The zero-order valence-electron chi connectivity index (χ0n) is 9.44. The van der Waals surface area contributed by atoms with Gasteiger partial charge in [0.15, 0.2) is 5.78 Å². The lowest BCUT2D eigenvalue weighted by atomic mass is 9.96. The number of Topliss-reactive ketones (excluding diaryl/α,β-unsaturated/α-hetero) is 1. The van der Waals surface area contributed by atoms with Gasteiger partial charge in [0.05, 0.1) is 6.04 Å². The van der Waals surface area contributed by atoms with Gasteiger partial charge >= 0.3 is 0 Å². The average Bonchev–Trinajstić information content (AvgIpc) is 2.87. The normalized spacial score (nSPS) is 19.2. The van der Waals surface area contributed by atoms with Gasteiger partial charge in [-0.25, -0.2) is 0 Å². The van der Waals surface area contributed by atoms with Gasteiger partial charge in [-0.1, -0.05) is 18.2 Å². The van der Waals surface area contributed by atoms with E-state index in [0.29, 0.717) is 0 Å². The molecule has 3 heteroatoms. The molecule has 1 aliphatic rings. The number of fused-ring (bicyclic) bond motifs is 1. The molecule has 2 heterocycles. The number of allylic oxidation sites excluding steroid dienone is 1. The Morgan fingerprint density at radius 2 is 2.24 bits per heavy atom. The third kappa shape index (κ3) is 1.73. The molecule has 17 heavy (non-hydrogen) atoms. The third-order valence-electron chi connectivity index (χ3n) is 3.21. The fourth-order valence-electron chi connectivity index (χ4n) is 2.31. The van der Waals surface area contributed by atoms with Crippen LogP contribution in [0.1, 0.15) is 23.2 Å². The van der Waals surface area contributed by atoms with Crippen molar-refractivity contribution in [3.8, 4) is 0 Å². The second-order valence-electron chi connectivity index (χ2n) is 4.31. The van der Waals surface area contributed by atoms with Crippen LogP contribution in [-0.2, 0) is 0 Å². The maximum Gasteiger partial charge on any atom is 0.185 e. The first-order valence-electron chi connectivity index (χ1n) is 5.87. The second-order valence-corrected chi connectivity index (χ2v) is 4.31. The number of ketones is 1. The Hall–Kier alpha value is -2.03. The summed E-state index contributed by atoms with van der Waals surface area (Å²) in [4.78, 5) is 15.5. The van der Waals surface area contributed by atoms with E-state index >= 15 is 0 Å². The molecule has 1 unspecified atom stereocenters. The average molecular weight is 226 g/mol. The summed E-state index contributed by atoms with van der Waals surface area (Å²) in [7, 11) is 0. The van der Waals surface area contributed by atoms with Gasteiger partial charge in [-0.15, -0.1) is 0 Å². The van der Waals surface area contributed by atoms with Gasteiger partial charge in [0.25, 0.3) is 0 Å². The first-order valence-corrected chi connectivity index (χ1v) is 5.87. The summed E-state index contributed by atoms with van der Waals surface area (Å²) in [6.07, 6.45) is 7.64. The summed E-state index contributed by atoms with van der Waals surface area (Å²) in [6, 6.07) is 7.69. The number of benzene rings is 1. The zero-order valence-corrected chi connectivity index (χ0v) is 9.44. The van der Waals surface area contributed by atoms with Gasteiger partial charge in [-0.3, -0.25) is 4.79 Å². The van der Waals surface area contributed by atoms with Crippen LogP contribution in [0.3, 0.4) is 0 Å². The van der Waals surface area contributed by atoms with E-state index in [1.54, 1.807) is 0 Å². The number of aromatic amines is 1. The Labute approximate surface area is 99.5 Å². The molecule has 86 valence electrons. The zero-order chi connectivity index (χ0) is 11.7. The number of H-pyrrole nitrogens is 1. The summed E-state index contributed by atoms with van der Waals surface area (Å²) in [5, 5.41) is 4.14. The van der Waals surface area contributed by atoms with Crippen LogP contribution in [0.15, 0.2) is 42.7 Å². The fourth-order valence-corrected chi connectivity index (χ4v) is 2.31. The van der Waals surface area contributed by atoms with Gasteiger partial charge in [0.1, 0.15) is 0 Å². The van der Waals surface area contributed by atoms with Crippen molar-refractivity contribution in [1.29, 1.82) is 0 Å². The maximum atomic E-state index is 12.4. The molecule has 0 bridgehead atoms. The van der Waals surface area contributed by atoms with E-state index in [9.17, 15) is 4.79 Å². The second kappa shape index (κ2) is 4.09. The monoisotopic (exact) mass is 226 g/mol. The lowest BCUT2D eigenvalue weighted by Crippen LogP contribution is -2.35. The van der Waals surface area contributed by atoms with Crippen molar-refractivity contribution in [2.75, 3.05) is 0 Å². The molecule has 0 amide bonds. The molecule has 2 N–H and O–H groups in total. The first-order chi connectivity index (χ1) is 8.36. The molecule has 2 aromatic rings. The van der Waals surface area contributed by atoms with Crippen LogP contribution in [0.5, 0.6) is 0 Å². The Morgan fingerprint density at radius 1 is 1.29 bits per heavy atom. The minimum atomic E-state index is -0.0829. The molecule has 3 rings (SSSR count). The van der Waals surface area contributed by atoms with Crippen molar-refractivity contribution in [2.24, 2.45) is 0 Å². The van der Waals surface area contributed by atoms with Crippen molar-refractivity contribution in [3.05, 3.63) is 48.3 Å². The third-order valence-corrected chi connectivity index (χ3v) is 3.21. The molecule has 1 aliphatic heterocycles. The smallest absolute Gasteiger partial charge is 0.185 e. The minimum absolute atomic E-state index is 0.0829. The molecule has 0 fully saturated rings. The van der Waals surface area contributed by atoms with Gasteiger partial charge in [-0.2, -0.15) is 0 Å². The highest BCUT2D eigenvalue weighted by Gasteiger charge is 2.21. The van der Waals surface area contributed by atoms with E-state index < -0.39 is 0 Å². The largest absolute Gasteiger partial charge is 0.381 e. The lowest BCUT2D eigenvalue weighted by molar-refractivity contribution is 0.0945. The topological polar surface area (TPSA) is 44.9 Å². The maximum absolute atomic E-state index is 12.4. The fraction of sp³-hybridized carbons (Fsp3) is 0.214. The Kier molecular flexibility index (Phi) is 2.44. The van der Waals surface area contributed by atoms with Crippen LogP contribution < -0.4 is 5.32 Å². The lowest BCUT2D eigenvalue weighted by Gasteiger charge is -2.19. The Balaban J connectivity index is 2.00. The van der Waals surface area contributed by atoms with Crippen molar-refractivity contribution in [2.45, 2.75) is 18.9 Å². The summed E-state index contributed by atoms with van der Waals surface area (Å²) >= 11 is 0. The van der Waals surface area contributed by atoms with Crippen LogP contribution in [0.2, 0.25) is 0 Å². The standard InChI is InChI=1S/C14H14N2O/c17-14(13-5-1-2-8-15-13)11-4-3-6-12-10(11)7-9-16-12/h2-4,6-9,13,15-16H,1,5H2. The first kappa shape index (κ1) is 10.1. The summed E-state index contributed by atoms with van der Waals surface area (Å²) in [5.41, 5.74) is 1.82. The molecule has 1 aromatic heterocycles. The molecule has 0 saturated carbocycles. The van der Waals surface area contributed by atoms with Crippen molar-refractivity contribution in [3.63, 3.8) is 0 Å². The minimum Gasteiger partial charge on any atom is -0.381 e. The number of nitrogens with one attached hydrogen (secondary N) is 2. The van der Waals surface area contributed by atoms with Gasteiger partial charge in [0.2, 0.25) is 0 Å². The van der Waals surface area contributed by atoms with E-state index in [0.717, 1.165) is 29.3 Å². The van der Waals surface area contributed by atoms with Crippen molar-refractivity contribution in [1.82, 2.24) is 10.3 Å². The van der Waals surface area contributed by atoms with Crippen molar-refractivity contribution >= 4 is 16.7 Å². The Morgan fingerprint density at radius 3 is 3.06 bits per heavy atom. The van der Waals surface area contributed by atoms with Crippen LogP contribution in [0.25, 0.3) is 10.9 Å². The molecule has 1 aromatic carbocycles. The van der Waals surface area contributed by atoms with Gasteiger partial charge < -0.3 is 10.3 Å². The highest BCUT2D eigenvalue weighted by Crippen LogP contribution is 2.20. The van der Waals surface area contributed by atoms with Crippen LogP contribution >= 0.6 is 0 Å². The molecule has 1 atom stereocenters. The van der Waals surface area contributed by atoms with E-state index in [4.69, 9.17) is 0 Å². The van der Waals surface area contributed by atoms with Crippen LogP contribution in [0.4, 0.5) is 0 Å². The van der Waals surface area contributed by atoms with E-state index in [-0.39, 0.29) is 11.8 Å². The highest BCUT2D eigenvalue weighted by atomic mass is 16.1. The highest BCUT2D eigenvalue weighted by molar-refractivity contribution is 6.10. The number of carbonyl (C=O) groups excluding carboxylic acids is 1. The SMILES string of the molecule is O=C(c1cccc2[nH]ccc12)C1CCC=CN1. The molecule has 0 saturated heterocycles. The molecule has 0 spiro atoms. The number of aromatic nitrogens is 1. The van der Waals surface area contributed by atoms with E-state index in [1.165, 1.54) is 0 Å². The predicted molar refractivity (Wildman–Crippen MR) is 67.9 cm³/mol. The number of hydrogen-bond acceptors (Lipinski definition) is 2.